The summed E-state index contributed by atoms with van der Waals surface area (Å²) in [5.74, 6) is 0.0700. The molecule has 2 aliphatic heterocycles. The predicted octanol–water partition coefficient (Wildman–Crippen LogP) is 1.48. The molecule has 19 heavy (non-hydrogen) atoms. The number of nitrogens with one attached hydrogen (secondary N) is 1. The van der Waals surface area contributed by atoms with Crippen LogP contribution in [0, 0.1) is 6.92 Å². The number of amides is 1. The second-order valence-corrected chi connectivity index (χ2v) is 5.57. The molecule has 0 bridgehead atoms. The third-order valence-corrected chi connectivity index (χ3v) is 4.03. The van der Waals surface area contributed by atoms with Crippen LogP contribution in [0.3, 0.4) is 0 Å². The van der Waals surface area contributed by atoms with Gasteiger partial charge in [0, 0.05) is 12.2 Å². The average molecular weight is 260 g/mol. The molecular weight excluding hydrogens is 240 g/mol. The molecule has 2 aliphatic rings. The molecule has 1 aromatic carbocycles. The molecule has 0 aromatic heterocycles. The number of rotatable bonds is 1. The number of hydrogen-bond acceptors (Lipinski definition) is 3. The molecule has 3 rings (SSSR count). The summed E-state index contributed by atoms with van der Waals surface area (Å²) in [4.78, 5) is 14.3. The molecule has 1 amide bonds. The topological polar surface area (TPSA) is 41.6 Å². The molecule has 4 heteroatoms. The number of nitrogens with zero attached hydrogens (tertiary/aromatic N) is 1. The van der Waals surface area contributed by atoms with Crippen LogP contribution in [0.4, 0.5) is 5.69 Å². The van der Waals surface area contributed by atoms with E-state index in [1.54, 1.807) is 0 Å². The quantitative estimate of drug-likeness (QED) is 0.831. The minimum absolute atomic E-state index is 0.0700. The monoisotopic (exact) mass is 260 g/mol. The lowest BCUT2D eigenvalue weighted by atomic mass is 9.87. The van der Waals surface area contributed by atoms with Gasteiger partial charge in [-0.2, -0.15) is 0 Å². The van der Waals surface area contributed by atoms with Crippen molar-refractivity contribution in [3.8, 4) is 0 Å². The van der Waals surface area contributed by atoms with Crippen LogP contribution in [-0.4, -0.2) is 37.7 Å². The van der Waals surface area contributed by atoms with Gasteiger partial charge in [-0.25, -0.2) is 0 Å². The molecule has 102 valence electrons. The van der Waals surface area contributed by atoms with Gasteiger partial charge in [0.25, 0.3) is 5.91 Å². The summed E-state index contributed by atoms with van der Waals surface area (Å²) in [6, 6.07) is 8.17. The third-order valence-electron chi connectivity index (χ3n) is 4.03. The van der Waals surface area contributed by atoms with Gasteiger partial charge in [0.2, 0.25) is 0 Å². The van der Waals surface area contributed by atoms with E-state index in [1.165, 1.54) is 5.56 Å². The Morgan fingerprint density at radius 2 is 2.32 bits per heavy atom. The fourth-order valence-corrected chi connectivity index (χ4v) is 3.17. The van der Waals surface area contributed by atoms with Crippen molar-refractivity contribution in [3.63, 3.8) is 0 Å². The zero-order valence-corrected chi connectivity index (χ0v) is 11.3. The van der Waals surface area contributed by atoms with Crippen molar-refractivity contribution in [2.75, 3.05) is 31.2 Å². The highest BCUT2D eigenvalue weighted by atomic mass is 16.5. The van der Waals surface area contributed by atoms with Crippen LogP contribution < -0.4 is 10.2 Å². The van der Waals surface area contributed by atoms with Crippen LogP contribution >= 0.6 is 0 Å². The van der Waals surface area contributed by atoms with E-state index in [0.717, 1.165) is 31.6 Å². The van der Waals surface area contributed by atoms with Crippen LogP contribution in [0.15, 0.2) is 24.3 Å². The van der Waals surface area contributed by atoms with Crippen molar-refractivity contribution < 1.29 is 9.53 Å². The fraction of sp³-hybridized carbons (Fsp3) is 0.533. The smallest absolute Gasteiger partial charge is 0.253 e. The van der Waals surface area contributed by atoms with Crippen LogP contribution in [0.1, 0.15) is 18.4 Å². The van der Waals surface area contributed by atoms with Crippen molar-refractivity contribution in [3.05, 3.63) is 29.8 Å². The Morgan fingerprint density at radius 1 is 1.42 bits per heavy atom. The van der Waals surface area contributed by atoms with Crippen molar-refractivity contribution in [1.82, 2.24) is 5.32 Å². The Bertz CT molecular complexity index is 475. The SMILES string of the molecule is Cc1cccc(N2C(=O)COCC23CCCNC3)c1. The van der Waals surface area contributed by atoms with E-state index in [2.05, 4.69) is 24.4 Å². The number of carbonyl (C=O) groups is 1. The maximum atomic E-state index is 12.4. The third kappa shape index (κ3) is 2.26. The average Bonchev–Trinajstić information content (AvgIpc) is 2.39. The number of ether oxygens (including phenoxy) is 1. The number of aryl methyl sites for hydroxylation is 1. The van der Waals surface area contributed by atoms with Gasteiger partial charge in [-0.3, -0.25) is 4.79 Å². The molecule has 0 aliphatic carbocycles. The van der Waals surface area contributed by atoms with Crippen LogP contribution in [0.25, 0.3) is 0 Å². The molecule has 1 atom stereocenters. The van der Waals surface area contributed by atoms with Crippen molar-refractivity contribution >= 4 is 11.6 Å². The largest absolute Gasteiger partial charge is 0.369 e. The Hall–Kier alpha value is -1.39. The van der Waals surface area contributed by atoms with E-state index in [1.807, 2.05) is 17.0 Å². The summed E-state index contributed by atoms with van der Waals surface area (Å²) in [6.07, 6.45) is 2.08. The highest BCUT2D eigenvalue weighted by Crippen LogP contribution is 2.33. The second-order valence-electron chi connectivity index (χ2n) is 5.57. The van der Waals surface area contributed by atoms with Crippen molar-refractivity contribution in [1.29, 1.82) is 0 Å². The number of morpholine rings is 1. The summed E-state index contributed by atoms with van der Waals surface area (Å²) in [5.41, 5.74) is 1.97. The van der Waals surface area contributed by atoms with Crippen LogP contribution in [-0.2, 0) is 9.53 Å². The van der Waals surface area contributed by atoms with Crippen LogP contribution in [0.2, 0.25) is 0 Å². The second kappa shape index (κ2) is 4.94. The molecule has 1 aromatic rings. The van der Waals surface area contributed by atoms with E-state index in [4.69, 9.17) is 4.74 Å². The van der Waals surface area contributed by atoms with E-state index in [0.29, 0.717) is 6.61 Å². The highest BCUT2D eigenvalue weighted by molar-refractivity contribution is 5.96. The zero-order valence-electron chi connectivity index (χ0n) is 11.3. The number of carbonyl (C=O) groups excluding carboxylic acids is 1. The molecule has 0 saturated carbocycles. The van der Waals surface area contributed by atoms with E-state index in [-0.39, 0.29) is 18.1 Å². The first-order valence-electron chi connectivity index (χ1n) is 6.89. The maximum Gasteiger partial charge on any atom is 0.253 e. The molecule has 2 heterocycles. The number of anilines is 1. The molecule has 1 spiro atoms. The van der Waals surface area contributed by atoms with E-state index < -0.39 is 0 Å². The summed E-state index contributed by atoms with van der Waals surface area (Å²) in [5, 5.41) is 3.41. The molecule has 1 unspecified atom stereocenters. The molecule has 2 fully saturated rings. The van der Waals surface area contributed by atoms with Gasteiger partial charge in [0.05, 0.1) is 12.1 Å². The van der Waals surface area contributed by atoms with Gasteiger partial charge < -0.3 is 15.0 Å². The van der Waals surface area contributed by atoms with Gasteiger partial charge in [0.15, 0.2) is 0 Å². The first-order valence-corrected chi connectivity index (χ1v) is 6.89. The summed E-state index contributed by atoms with van der Waals surface area (Å²) in [7, 11) is 0. The minimum Gasteiger partial charge on any atom is -0.369 e. The van der Waals surface area contributed by atoms with Gasteiger partial charge >= 0.3 is 0 Å². The molecular formula is C15H20N2O2. The first-order chi connectivity index (χ1) is 9.21. The fourth-order valence-electron chi connectivity index (χ4n) is 3.17. The van der Waals surface area contributed by atoms with Gasteiger partial charge in [0.1, 0.15) is 6.61 Å². The summed E-state index contributed by atoms with van der Waals surface area (Å²) < 4.78 is 5.53. The maximum absolute atomic E-state index is 12.4. The summed E-state index contributed by atoms with van der Waals surface area (Å²) >= 11 is 0. The molecule has 1 N–H and O–H groups in total. The molecule has 2 saturated heterocycles. The van der Waals surface area contributed by atoms with Gasteiger partial charge in [-0.05, 0) is 44.0 Å². The normalized spacial score (nSPS) is 27.8. The van der Waals surface area contributed by atoms with Gasteiger partial charge in [-0.1, -0.05) is 12.1 Å². The minimum atomic E-state index is -0.207. The molecule has 0 radical (unpaired) electrons. The predicted molar refractivity (Wildman–Crippen MR) is 74.3 cm³/mol. The Morgan fingerprint density at radius 3 is 3.05 bits per heavy atom. The van der Waals surface area contributed by atoms with E-state index >= 15 is 0 Å². The van der Waals surface area contributed by atoms with Gasteiger partial charge in [-0.15, -0.1) is 0 Å². The standard InChI is InChI=1S/C15H20N2O2/c1-12-4-2-5-13(8-12)17-14(18)9-19-11-15(17)6-3-7-16-10-15/h2,4-5,8,16H,3,6-7,9-11H2,1H3. The number of piperidine rings is 1. The molecule has 4 nitrogen and oxygen atoms in total. The lowest BCUT2D eigenvalue weighted by Crippen LogP contribution is -2.66. The van der Waals surface area contributed by atoms with Crippen molar-refractivity contribution in [2.24, 2.45) is 0 Å². The number of hydrogen-bond donors (Lipinski definition) is 1. The van der Waals surface area contributed by atoms with Crippen LogP contribution in [0.5, 0.6) is 0 Å². The first kappa shape index (κ1) is 12.6. The Labute approximate surface area is 113 Å². The highest BCUT2D eigenvalue weighted by Gasteiger charge is 2.44. The summed E-state index contributed by atoms with van der Waals surface area (Å²) in [6.45, 7) is 4.71. The Kier molecular flexibility index (Phi) is 3.29. The Balaban J connectivity index is 2.00. The lowest BCUT2D eigenvalue weighted by Gasteiger charge is -2.49. The van der Waals surface area contributed by atoms with E-state index in [9.17, 15) is 4.79 Å². The lowest BCUT2D eigenvalue weighted by molar-refractivity contribution is -0.130. The van der Waals surface area contributed by atoms with Crippen molar-refractivity contribution in [2.45, 2.75) is 25.3 Å². The number of benzene rings is 1. The zero-order chi connectivity index (χ0) is 13.3.